The molecule has 0 bridgehead atoms. The lowest BCUT2D eigenvalue weighted by Gasteiger charge is -2.34. The zero-order valence-corrected chi connectivity index (χ0v) is 10.6. The summed E-state index contributed by atoms with van der Waals surface area (Å²) < 4.78 is 0. The number of urea groups is 1. The number of nitrogens with two attached hydrogens (primary N) is 1. The molecule has 1 spiro atoms. The van der Waals surface area contributed by atoms with Gasteiger partial charge in [-0.05, 0) is 38.0 Å². The molecule has 2 aliphatic carbocycles. The Balaban J connectivity index is 1.59. The molecule has 4 rings (SSSR count). The van der Waals surface area contributed by atoms with Crippen LogP contribution in [0.25, 0.3) is 0 Å². The van der Waals surface area contributed by atoms with Gasteiger partial charge in [-0.15, -0.1) is 0 Å². The number of likely N-dealkylation sites (tertiary alicyclic amines) is 1. The molecule has 2 aliphatic heterocycles. The summed E-state index contributed by atoms with van der Waals surface area (Å²) in [6, 6.07) is 0.646. The van der Waals surface area contributed by atoms with Gasteiger partial charge in [0.25, 0.3) is 0 Å². The minimum absolute atomic E-state index is 0.1000. The van der Waals surface area contributed by atoms with Crippen molar-refractivity contribution in [3.05, 3.63) is 0 Å². The Morgan fingerprint density at radius 2 is 2.11 bits per heavy atom. The molecule has 0 aromatic heterocycles. The number of amides is 2. The fourth-order valence-corrected chi connectivity index (χ4v) is 3.40. The normalized spacial score (nSPS) is 36.8. The van der Waals surface area contributed by atoms with E-state index in [9.17, 15) is 4.79 Å². The summed E-state index contributed by atoms with van der Waals surface area (Å²) >= 11 is 0. The molecule has 3 fully saturated rings. The number of aliphatic imine (C=N–C) groups is 1. The van der Waals surface area contributed by atoms with Gasteiger partial charge in [-0.2, -0.15) is 4.99 Å². The van der Waals surface area contributed by atoms with Gasteiger partial charge in [-0.3, -0.25) is 4.90 Å². The van der Waals surface area contributed by atoms with Crippen LogP contribution in [-0.4, -0.2) is 52.9 Å². The van der Waals surface area contributed by atoms with Crippen molar-refractivity contribution >= 4 is 11.9 Å². The number of nitrogens with zero attached hydrogens (tertiary/aromatic N) is 3. The van der Waals surface area contributed by atoms with Crippen molar-refractivity contribution in [1.82, 2.24) is 9.80 Å². The highest BCUT2D eigenvalue weighted by Crippen LogP contribution is 2.41. The van der Waals surface area contributed by atoms with Crippen LogP contribution in [0.1, 0.15) is 32.1 Å². The molecule has 5 nitrogen and oxygen atoms in total. The Labute approximate surface area is 107 Å². The Morgan fingerprint density at radius 3 is 2.78 bits per heavy atom. The van der Waals surface area contributed by atoms with Crippen LogP contribution in [0.15, 0.2) is 4.99 Å². The molecule has 18 heavy (non-hydrogen) atoms. The Bertz CT molecular complexity index is 427. The molecule has 2 saturated carbocycles. The number of hydrogen-bond donors (Lipinski definition) is 1. The maximum Gasteiger partial charge on any atom is 0.346 e. The second-order valence-electron chi connectivity index (χ2n) is 6.32. The molecule has 2 heterocycles. The third-order valence-corrected chi connectivity index (χ3v) is 4.92. The molecule has 1 unspecified atom stereocenters. The van der Waals surface area contributed by atoms with E-state index in [1.807, 2.05) is 4.90 Å². The molecule has 5 heteroatoms. The number of carbonyl (C=O) groups excluding carboxylic acids is 1. The summed E-state index contributed by atoms with van der Waals surface area (Å²) in [7, 11) is 0. The van der Waals surface area contributed by atoms with Crippen LogP contribution in [0.4, 0.5) is 4.79 Å². The Hall–Kier alpha value is -1.10. The SMILES string of the molecule is NC1=NC(=O)N(CC2CC2)C12CCN(C1CC1)C2. The topological polar surface area (TPSA) is 61.9 Å². The van der Waals surface area contributed by atoms with Gasteiger partial charge in [0.1, 0.15) is 11.4 Å². The molecule has 2 amide bonds. The smallest absolute Gasteiger partial charge is 0.346 e. The first-order valence-electron chi connectivity index (χ1n) is 7.09. The second kappa shape index (κ2) is 3.47. The largest absolute Gasteiger partial charge is 0.385 e. The van der Waals surface area contributed by atoms with E-state index in [2.05, 4.69) is 9.89 Å². The molecule has 0 radical (unpaired) electrons. The van der Waals surface area contributed by atoms with E-state index in [1.54, 1.807) is 0 Å². The highest BCUT2D eigenvalue weighted by Gasteiger charge is 2.55. The van der Waals surface area contributed by atoms with E-state index < -0.39 is 0 Å². The van der Waals surface area contributed by atoms with Crippen LogP contribution in [0.3, 0.4) is 0 Å². The first-order valence-corrected chi connectivity index (χ1v) is 7.09. The maximum absolute atomic E-state index is 12.0. The number of amidine groups is 1. The molecular formula is C13H20N4O. The summed E-state index contributed by atoms with van der Waals surface area (Å²) in [4.78, 5) is 20.6. The summed E-state index contributed by atoms with van der Waals surface area (Å²) in [6.45, 7) is 2.84. The molecule has 0 aromatic carbocycles. The lowest BCUT2D eigenvalue weighted by molar-refractivity contribution is 0.165. The van der Waals surface area contributed by atoms with Gasteiger partial charge < -0.3 is 10.6 Å². The van der Waals surface area contributed by atoms with E-state index in [4.69, 9.17) is 5.73 Å². The van der Waals surface area contributed by atoms with Gasteiger partial charge in [0, 0.05) is 25.7 Å². The monoisotopic (exact) mass is 248 g/mol. The Morgan fingerprint density at radius 1 is 1.33 bits per heavy atom. The summed E-state index contributed by atoms with van der Waals surface area (Å²) in [5.74, 6) is 1.26. The number of carbonyl (C=O) groups is 1. The minimum Gasteiger partial charge on any atom is -0.385 e. The van der Waals surface area contributed by atoms with Gasteiger partial charge in [-0.25, -0.2) is 4.79 Å². The van der Waals surface area contributed by atoms with Crippen LogP contribution >= 0.6 is 0 Å². The predicted molar refractivity (Wildman–Crippen MR) is 68.4 cm³/mol. The molecule has 1 atom stereocenters. The van der Waals surface area contributed by atoms with Crippen LogP contribution in [0.5, 0.6) is 0 Å². The molecule has 4 aliphatic rings. The average Bonchev–Trinajstić information content (AvgIpc) is 3.25. The van der Waals surface area contributed by atoms with Crippen LogP contribution in [0.2, 0.25) is 0 Å². The van der Waals surface area contributed by atoms with Gasteiger partial charge in [0.05, 0.1) is 0 Å². The molecule has 98 valence electrons. The highest BCUT2D eigenvalue weighted by atomic mass is 16.2. The highest BCUT2D eigenvalue weighted by molar-refractivity contribution is 6.06. The molecule has 1 saturated heterocycles. The van der Waals surface area contributed by atoms with Gasteiger partial charge in [0.15, 0.2) is 0 Å². The van der Waals surface area contributed by atoms with Crippen molar-refractivity contribution in [1.29, 1.82) is 0 Å². The van der Waals surface area contributed by atoms with Crippen molar-refractivity contribution in [3.63, 3.8) is 0 Å². The van der Waals surface area contributed by atoms with Crippen molar-refractivity contribution in [2.45, 2.75) is 43.7 Å². The zero-order chi connectivity index (χ0) is 12.3. The average molecular weight is 248 g/mol. The van der Waals surface area contributed by atoms with Crippen molar-refractivity contribution in [2.24, 2.45) is 16.6 Å². The lowest BCUT2D eigenvalue weighted by Crippen LogP contribution is -2.56. The van der Waals surface area contributed by atoms with E-state index >= 15 is 0 Å². The van der Waals surface area contributed by atoms with E-state index in [-0.39, 0.29) is 11.6 Å². The fourth-order valence-electron chi connectivity index (χ4n) is 3.40. The first-order chi connectivity index (χ1) is 8.69. The van der Waals surface area contributed by atoms with Gasteiger partial charge >= 0.3 is 6.03 Å². The van der Waals surface area contributed by atoms with Gasteiger partial charge in [0.2, 0.25) is 0 Å². The third-order valence-electron chi connectivity index (χ3n) is 4.92. The van der Waals surface area contributed by atoms with Crippen LogP contribution < -0.4 is 5.73 Å². The van der Waals surface area contributed by atoms with Crippen molar-refractivity contribution < 1.29 is 4.79 Å². The van der Waals surface area contributed by atoms with E-state index in [1.165, 1.54) is 25.7 Å². The lowest BCUT2D eigenvalue weighted by atomic mass is 9.95. The predicted octanol–water partition coefficient (Wildman–Crippen LogP) is 0.796. The third kappa shape index (κ3) is 1.49. The number of rotatable bonds is 3. The van der Waals surface area contributed by atoms with E-state index in [0.29, 0.717) is 11.8 Å². The van der Waals surface area contributed by atoms with Gasteiger partial charge in [-0.1, -0.05) is 0 Å². The van der Waals surface area contributed by atoms with Crippen molar-refractivity contribution in [2.75, 3.05) is 19.6 Å². The fraction of sp³-hybridized carbons (Fsp3) is 0.846. The minimum atomic E-state index is -0.262. The second-order valence-corrected chi connectivity index (χ2v) is 6.32. The molecule has 2 N–H and O–H groups in total. The first kappa shape index (κ1) is 10.8. The number of hydrogen-bond acceptors (Lipinski definition) is 3. The summed E-state index contributed by atoms with van der Waals surface area (Å²) in [5, 5.41) is 0. The van der Waals surface area contributed by atoms with E-state index in [0.717, 1.165) is 32.1 Å². The zero-order valence-electron chi connectivity index (χ0n) is 10.6. The van der Waals surface area contributed by atoms with Crippen LogP contribution in [-0.2, 0) is 0 Å². The quantitative estimate of drug-likeness (QED) is 0.803. The standard InChI is InChI=1S/C13H20N4O/c14-11-13(5-6-16(8-13)10-3-4-10)17(12(18)15-11)7-9-1-2-9/h9-10H,1-8H2,(H2,14,15,18). The summed E-state index contributed by atoms with van der Waals surface area (Å²) in [5.41, 5.74) is 5.83. The summed E-state index contributed by atoms with van der Waals surface area (Å²) in [6.07, 6.45) is 6.10. The molecule has 0 aromatic rings. The maximum atomic E-state index is 12.0. The van der Waals surface area contributed by atoms with Crippen LogP contribution in [0, 0.1) is 5.92 Å². The Kier molecular flexibility index (Phi) is 2.08. The van der Waals surface area contributed by atoms with Crippen molar-refractivity contribution in [3.8, 4) is 0 Å². The molecular weight excluding hydrogens is 228 g/mol.